The van der Waals surface area contributed by atoms with Crippen LogP contribution in [0.25, 0.3) is 0 Å². The maximum absolute atomic E-state index is 13.0. The first kappa shape index (κ1) is 12.5. The Balaban J connectivity index is 2.25. The summed E-state index contributed by atoms with van der Waals surface area (Å²) in [5, 5.41) is 0. The number of aryl methyl sites for hydroxylation is 1. The highest BCUT2D eigenvalue weighted by atomic mass is 32.1. The van der Waals surface area contributed by atoms with E-state index in [1.165, 1.54) is 12.1 Å². The number of hydrogen-bond donors (Lipinski definition) is 1. The maximum Gasteiger partial charge on any atom is 0.130 e. The van der Waals surface area contributed by atoms with Gasteiger partial charge in [0.1, 0.15) is 22.3 Å². The van der Waals surface area contributed by atoms with E-state index in [1.54, 1.807) is 24.3 Å². The van der Waals surface area contributed by atoms with Crippen LogP contribution in [0.3, 0.4) is 0 Å². The van der Waals surface area contributed by atoms with Gasteiger partial charge in [-0.1, -0.05) is 18.3 Å². The highest BCUT2D eigenvalue weighted by molar-refractivity contribution is 7.80. The Morgan fingerprint density at radius 3 is 2.50 bits per heavy atom. The standard InChI is InChI=1S/C14H12FNOS/c1-9-7-12(5-6-13(9)14(16)18)17-11-4-2-3-10(15)8-11/h2-8H,1H3,(H2,16,18). The van der Waals surface area contributed by atoms with Crippen molar-refractivity contribution in [2.45, 2.75) is 6.92 Å². The van der Waals surface area contributed by atoms with E-state index >= 15 is 0 Å². The zero-order valence-corrected chi connectivity index (χ0v) is 10.6. The molecule has 0 atom stereocenters. The normalized spacial score (nSPS) is 10.1. The molecule has 0 amide bonds. The van der Waals surface area contributed by atoms with E-state index in [0.29, 0.717) is 16.5 Å². The fraction of sp³-hybridized carbons (Fsp3) is 0.0714. The van der Waals surface area contributed by atoms with E-state index in [2.05, 4.69) is 0 Å². The number of hydrogen-bond acceptors (Lipinski definition) is 2. The molecule has 0 aliphatic carbocycles. The van der Waals surface area contributed by atoms with Gasteiger partial charge in [0.2, 0.25) is 0 Å². The Morgan fingerprint density at radius 1 is 1.17 bits per heavy atom. The highest BCUT2D eigenvalue weighted by Gasteiger charge is 2.04. The predicted molar refractivity (Wildman–Crippen MR) is 73.5 cm³/mol. The van der Waals surface area contributed by atoms with Crippen molar-refractivity contribution in [1.29, 1.82) is 0 Å². The summed E-state index contributed by atoms with van der Waals surface area (Å²) in [5.41, 5.74) is 7.32. The van der Waals surface area contributed by atoms with Gasteiger partial charge < -0.3 is 10.5 Å². The number of nitrogens with two attached hydrogens (primary N) is 1. The van der Waals surface area contributed by atoms with E-state index in [-0.39, 0.29) is 5.82 Å². The van der Waals surface area contributed by atoms with Gasteiger partial charge in [-0.3, -0.25) is 0 Å². The van der Waals surface area contributed by atoms with Gasteiger partial charge in [0.25, 0.3) is 0 Å². The summed E-state index contributed by atoms with van der Waals surface area (Å²) in [5.74, 6) is 0.750. The van der Waals surface area contributed by atoms with Gasteiger partial charge in [-0.05, 0) is 42.8 Å². The summed E-state index contributed by atoms with van der Waals surface area (Å²) in [6.45, 7) is 1.90. The third-order valence-corrected chi connectivity index (χ3v) is 2.72. The molecule has 0 unspecified atom stereocenters. The fourth-order valence-electron chi connectivity index (χ4n) is 1.64. The number of halogens is 1. The summed E-state index contributed by atoms with van der Waals surface area (Å²) in [6.07, 6.45) is 0. The molecule has 2 rings (SSSR count). The summed E-state index contributed by atoms with van der Waals surface area (Å²) in [6, 6.07) is 11.4. The van der Waals surface area contributed by atoms with Crippen LogP contribution in [0, 0.1) is 12.7 Å². The van der Waals surface area contributed by atoms with Crippen molar-refractivity contribution in [3.63, 3.8) is 0 Å². The minimum Gasteiger partial charge on any atom is -0.457 e. The maximum atomic E-state index is 13.0. The molecule has 0 heterocycles. The second-order valence-electron chi connectivity index (χ2n) is 3.90. The molecule has 0 fully saturated rings. The molecule has 2 nitrogen and oxygen atoms in total. The molecule has 0 bridgehead atoms. The number of thiocarbonyl (C=S) groups is 1. The quantitative estimate of drug-likeness (QED) is 0.858. The summed E-state index contributed by atoms with van der Waals surface area (Å²) in [7, 11) is 0. The molecule has 2 aromatic carbocycles. The summed E-state index contributed by atoms with van der Waals surface area (Å²) < 4.78 is 18.6. The Bertz CT molecular complexity index is 598. The van der Waals surface area contributed by atoms with Crippen molar-refractivity contribution < 1.29 is 9.13 Å². The number of rotatable bonds is 3. The lowest BCUT2D eigenvalue weighted by Gasteiger charge is -2.09. The molecular weight excluding hydrogens is 249 g/mol. The Kier molecular flexibility index (Phi) is 3.58. The van der Waals surface area contributed by atoms with Crippen molar-refractivity contribution in [2.75, 3.05) is 0 Å². The van der Waals surface area contributed by atoms with Crippen LogP contribution in [0.4, 0.5) is 4.39 Å². The van der Waals surface area contributed by atoms with E-state index in [1.807, 2.05) is 13.0 Å². The lowest BCUT2D eigenvalue weighted by atomic mass is 10.1. The molecular formula is C14H12FNOS. The monoisotopic (exact) mass is 261 g/mol. The average molecular weight is 261 g/mol. The van der Waals surface area contributed by atoms with Gasteiger partial charge in [-0.15, -0.1) is 0 Å². The lowest BCUT2D eigenvalue weighted by Crippen LogP contribution is -2.10. The molecule has 0 spiro atoms. The first-order chi connectivity index (χ1) is 8.56. The van der Waals surface area contributed by atoms with Gasteiger partial charge in [0, 0.05) is 11.6 Å². The van der Waals surface area contributed by atoms with Gasteiger partial charge >= 0.3 is 0 Å². The van der Waals surface area contributed by atoms with Gasteiger partial charge in [-0.25, -0.2) is 4.39 Å². The second kappa shape index (κ2) is 5.14. The topological polar surface area (TPSA) is 35.2 Å². The predicted octanol–water partition coefficient (Wildman–Crippen LogP) is 3.56. The Hall–Kier alpha value is -1.94. The van der Waals surface area contributed by atoms with Gasteiger partial charge in [0.15, 0.2) is 0 Å². The minimum absolute atomic E-state index is 0.330. The molecule has 2 aromatic rings. The summed E-state index contributed by atoms with van der Waals surface area (Å²) in [4.78, 5) is 0.352. The van der Waals surface area contributed by atoms with E-state index in [4.69, 9.17) is 22.7 Å². The number of ether oxygens (including phenoxy) is 1. The smallest absolute Gasteiger partial charge is 0.130 e. The van der Waals surface area contributed by atoms with Crippen LogP contribution >= 0.6 is 12.2 Å². The van der Waals surface area contributed by atoms with Crippen molar-refractivity contribution in [2.24, 2.45) is 5.73 Å². The SMILES string of the molecule is Cc1cc(Oc2cccc(F)c2)ccc1C(N)=S. The molecule has 92 valence electrons. The van der Waals surface area contributed by atoms with Crippen LogP contribution in [0.5, 0.6) is 11.5 Å². The molecule has 0 aliphatic rings. The van der Waals surface area contributed by atoms with E-state index in [0.717, 1.165) is 11.1 Å². The van der Waals surface area contributed by atoms with E-state index in [9.17, 15) is 4.39 Å². The summed E-state index contributed by atoms with van der Waals surface area (Å²) >= 11 is 4.93. The van der Waals surface area contributed by atoms with Crippen LogP contribution in [-0.4, -0.2) is 4.99 Å². The molecule has 0 aliphatic heterocycles. The minimum atomic E-state index is -0.330. The Morgan fingerprint density at radius 2 is 1.89 bits per heavy atom. The van der Waals surface area contributed by atoms with Crippen LogP contribution in [0.15, 0.2) is 42.5 Å². The van der Waals surface area contributed by atoms with Crippen LogP contribution in [-0.2, 0) is 0 Å². The van der Waals surface area contributed by atoms with Crippen molar-refractivity contribution in [1.82, 2.24) is 0 Å². The Labute approximate surface area is 110 Å². The van der Waals surface area contributed by atoms with Gasteiger partial charge in [0.05, 0.1) is 0 Å². The molecule has 0 radical (unpaired) electrons. The van der Waals surface area contributed by atoms with Crippen LogP contribution in [0.2, 0.25) is 0 Å². The molecule has 4 heteroatoms. The highest BCUT2D eigenvalue weighted by Crippen LogP contribution is 2.24. The average Bonchev–Trinajstić information content (AvgIpc) is 2.28. The van der Waals surface area contributed by atoms with Crippen molar-refractivity contribution in [3.8, 4) is 11.5 Å². The van der Waals surface area contributed by atoms with Crippen molar-refractivity contribution >= 4 is 17.2 Å². The molecule has 0 saturated heterocycles. The largest absolute Gasteiger partial charge is 0.457 e. The third kappa shape index (κ3) is 2.84. The number of benzene rings is 2. The van der Waals surface area contributed by atoms with Crippen LogP contribution < -0.4 is 10.5 Å². The van der Waals surface area contributed by atoms with Crippen molar-refractivity contribution in [3.05, 3.63) is 59.4 Å². The van der Waals surface area contributed by atoms with E-state index < -0.39 is 0 Å². The third-order valence-electron chi connectivity index (χ3n) is 2.50. The van der Waals surface area contributed by atoms with Crippen LogP contribution in [0.1, 0.15) is 11.1 Å². The molecule has 0 aromatic heterocycles. The molecule has 18 heavy (non-hydrogen) atoms. The first-order valence-corrected chi connectivity index (χ1v) is 5.81. The fourth-order valence-corrected chi connectivity index (χ4v) is 1.87. The molecule has 2 N–H and O–H groups in total. The molecule has 0 saturated carbocycles. The first-order valence-electron chi connectivity index (χ1n) is 5.40. The second-order valence-corrected chi connectivity index (χ2v) is 4.34. The zero-order valence-electron chi connectivity index (χ0n) is 9.81. The van der Waals surface area contributed by atoms with Gasteiger partial charge in [-0.2, -0.15) is 0 Å². The lowest BCUT2D eigenvalue weighted by molar-refractivity contribution is 0.476. The zero-order chi connectivity index (χ0) is 13.1.